The number of hydrogen-bond donors (Lipinski definition) is 3. The minimum absolute atomic E-state index is 0.113. The number of anilines is 1. The lowest BCUT2D eigenvalue weighted by Gasteiger charge is -2.17. The van der Waals surface area contributed by atoms with Crippen LogP contribution in [0, 0.1) is 5.92 Å². The Labute approximate surface area is 96.5 Å². The van der Waals surface area contributed by atoms with E-state index in [1.165, 1.54) is 10.6 Å². The lowest BCUT2D eigenvalue weighted by atomic mass is 10.1. The fourth-order valence-electron chi connectivity index (χ4n) is 2.73. The van der Waals surface area contributed by atoms with Crippen LogP contribution in [0.2, 0.25) is 0 Å². The number of aliphatic hydroxyl groups excluding tert-OH is 2. The van der Waals surface area contributed by atoms with Gasteiger partial charge in [0.05, 0.1) is 18.8 Å². The Balaban J connectivity index is 2.07. The molecular formula is C10H13N3O4. The molecule has 0 amide bonds. The molecule has 0 spiro atoms. The number of nitrogen functional groups attached to an aromatic ring is 1. The first kappa shape index (κ1) is 10.5. The fourth-order valence-corrected chi connectivity index (χ4v) is 2.73. The summed E-state index contributed by atoms with van der Waals surface area (Å²) < 4.78 is 6.99. The average molecular weight is 239 g/mol. The van der Waals surface area contributed by atoms with Gasteiger partial charge in [0.2, 0.25) is 5.88 Å². The molecule has 7 nitrogen and oxygen atoms in total. The van der Waals surface area contributed by atoms with Crippen molar-refractivity contribution in [2.75, 3.05) is 12.3 Å². The van der Waals surface area contributed by atoms with Gasteiger partial charge in [0, 0.05) is 12.0 Å². The van der Waals surface area contributed by atoms with E-state index in [0.29, 0.717) is 12.3 Å². The lowest BCUT2D eigenvalue weighted by Crippen LogP contribution is -2.31. The highest BCUT2D eigenvalue weighted by Crippen LogP contribution is 2.43. The highest BCUT2D eigenvalue weighted by Gasteiger charge is 2.49. The van der Waals surface area contributed by atoms with Crippen LogP contribution in [0.25, 0.3) is 0 Å². The van der Waals surface area contributed by atoms with Gasteiger partial charge in [-0.15, -0.1) is 0 Å². The topological polar surface area (TPSA) is 111 Å². The van der Waals surface area contributed by atoms with Gasteiger partial charge >= 0.3 is 5.69 Å². The summed E-state index contributed by atoms with van der Waals surface area (Å²) in [6.45, 7) is -0.173. The molecule has 17 heavy (non-hydrogen) atoms. The summed E-state index contributed by atoms with van der Waals surface area (Å²) in [6.07, 6.45) is -0.659. The molecule has 2 heterocycles. The molecule has 1 aromatic rings. The Bertz CT molecular complexity index is 515. The molecule has 1 aromatic heterocycles. The summed E-state index contributed by atoms with van der Waals surface area (Å²) >= 11 is 0. The van der Waals surface area contributed by atoms with Crippen LogP contribution < -0.4 is 16.2 Å². The zero-order chi connectivity index (χ0) is 12.2. The zero-order valence-corrected chi connectivity index (χ0v) is 8.98. The molecule has 0 unspecified atom stereocenters. The first-order chi connectivity index (χ1) is 8.11. The van der Waals surface area contributed by atoms with Crippen LogP contribution in [0.4, 0.5) is 5.82 Å². The maximum atomic E-state index is 11.7. The highest BCUT2D eigenvalue weighted by molar-refractivity contribution is 5.34. The largest absolute Gasteiger partial charge is 0.473 e. The molecule has 2 aliphatic rings. The highest BCUT2D eigenvalue weighted by atomic mass is 16.5. The van der Waals surface area contributed by atoms with E-state index in [0.717, 1.165) is 0 Å². The summed E-state index contributed by atoms with van der Waals surface area (Å²) in [7, 11) is 0. The van der Waals surface area contributed by atoms with Crippen molar-refractivity contribution in [3.05, 3.63) is 16.6 Å². The Morgan fingerprint density at radius 3 is 3.12 bits per heavy atom. The van der Waals surface area contributed by atoms with Crippen molar-refractivity contribution in [2.24, 2.45) is 5.92 Å². The number of aliphatic hydroxyl groups is 2. The predicted octanol–water partition coefficient (Wildman–Crippen LogP) is -1.50. The molecule has 4 atom stereocenters. The Morgan fingerprint density at radius 2 is 2.41 bits per heavy atom. The monoisotopic (exact) mass is 239 g/mol. The lowest BCUT2D eigenvalue weighted by molar-refractivity contribution is 0.0425. The van der Waals surface area contributed by atoms with Crippen LogP contribution >= 0.6 is 0 Å². The second-order valence-corrected chi connectivity index (χ2v) is 4.47. The molecular weight excluding hydrogens is 226 g/mol. The maximum absolute atomic E-state index is 11.7. The minimum Gasteiger partial charge on any atom is -0.473 e. The van der Waals surface area contributed by atoms with Gasteiger partial charge in [-0.3, -0.25) is 4.57 Å². The van der Waals surface area contributed by atoms with E-state index < -0.39 is 11.8 Å². The van der Waals surface area contributed by atoms with E-state index in [2.05, 4.69) is 4.98 Å². The van der Waals surface area contributed by atoms with Gasteiger partial charge in [-0.05, 0) is 6.42 Å². The number of rotatable bonds is 1. The molecule has 3 rings (SSSR count). The molecule has 7 heteroatoms. The number of nitrogens with two attached hydrogens (primary N) is 1. The standard InChI is InChI=1S/C10H13N3O4/c11-7-2-8-13(10(16)12-7)5-1-6(15)4(3-14)9(5)17-8/h2,4-6,9,14-15H,1,3H2,(H2,11,12,16)/t4-,5+,6+,9-/m0/s1. The fraction of sp³-hybridized carbons (Fsp3) is 0.600. The van der Waals surface area contributed by atoms with Gasteiger partial charge in [-0.2, -0.15) is 4.98 Å². The van der Waals surface area contributed by atoms with Crippen LogP contribution in [0.15, 0.2) is 10.9 Å². The van der Waals surface area contributed by atoms with Crippen molar-refractivity contribution in [1.82, 2.24) is 9.55 Å². The van der Waals surface area contributed by atoms with Crippen LogP contribution in [-0.4, -0.2) is 38.6 Å². The summed E-state index contributed by atoms with van der Waals surface area (Å²) in [4.78, 5) is 15.4. The average Bonchev–Trinajstić information content (AvgIpc) is 2.71. The van der Waals surface area contributed by atoms with E-state index in [9.17, 15) is 15.0 Å². The minimum atomic E-state index is -0.660. The van der Waals surface area contributed by atoms with Gasteiger partial charge in [-0.1, -0.05) is 0 Å². The number of fused-ring (bicyclic) bond motifs is 3. The van der Waals surface area contributed by atoms with E-state index in [-0.39, 0.29) is 30.5 Å². The third-order valence-electron chi connectivity index (χ3n) is 3.52. The summed E-state index contributed by atoms with van der Waals surface area (Å²) in [6, 6.07) is 1.22. The van der Waals surface area contributed by atoms with Crippen molar-refractivity contribution in [1.29, 1.82) is 0 Å². The van der Waals surface area contributed by atoms with Crippen LogP contribution in [-0.2, 0) is 0 Å². The molecule has 1 aliphatic heterocycles. The quantitative estimate of drug-likeness (QED) is 0.550. The van der Waals surface area contributed by atoms with Gasteiger partial charge in [0.1, 0.15) is 11.9 Å². The number of hydrogen-bond acceptors (Lipinski definition) is 6. The molecule has 0 bridgehead atoms. The number of nitrogens with zero attached hydrogens (tertiary/aromatic N) is 2. The molecule has 1 fully saturated rings. The molecule has 1 aliphatic carbocycles. The second kappa shape index (κ2) is 3.44. The molecule has 1 saturated carbocycles. The summed E-state index contributed by atoms with van der Waals surface area (Å²) in [5.74, 6) is 0.102. The van der Waals surface area contributed by atoms with Crippen molar-refractivity contribution >= 4 is 5.82 Å². The Hall–Kier alpha value is -1.60. The van der Waals surface area contributed by atoms with Gasteiger partial charge in [-0.25, -0.2) is 4.79 Å². The van der Waals surface area contributed by atoms with Crippen molar-refractivity contribution in [3.8, 4) is 5.88 Å². The van der Waals surface area contributed by atoms with Gasteiger partial charge in [0.15, 0.2) is 0 Å². The van der Waals surface area contributed by atoms with Gasteiger partial charge in [0.25, 0.3) is 0 Å². The molecule has 92 valence electrons. The summed E-state index contributed by atoms with van der Waals surface area (Å²) in [5, 5.41) is 19.0. The van der Waals surface area contributed by atoms with Crippen LogP contribution in [0.5, 0.6) is 5.88 Å². The van der Waals surface area contributed by atoms with Gasteiger partial charge < -0.3 is 20.7 Å². The van der Waals surface area contributed by atoms with Crippen molar-refractivity contribution < 1.29 is 14.9 Å². The number of ether oxygens (including phenoxy) is 1. The van der Waals surface area contributed by atoms with Crippen LogP contribution in [0.3, 0.4) is 0 Å². The van der Waals surface area contributed by atoms with Crippen LogP contribution in [0.1, 0.15) is 12.5 Å². The SMILES string of the molecule is Nc1cc2n(c(=O)n1)[C@@H]1C[C@@H](O)[C@H](CO)[C@@H]1O2. The first-order valence-electron chi connectivity index (χ1n) is 5.46. The van der Waals surface area contributed by atoms with E-state index >= 15 is 0 Å². The summed E-state index contributed by atoms with van der Waals surface area (Å²) in [5.41, 5.74) is 5.00. The van der Waals surface area contributed by atoms with E-state index in [1.54, 1.807) is 0 Å². The third-order valence-corrected chi connectivity index (χ3v) is 3.52. The first-order valence-corrected chi connectivity index (χ1v) is 5.46. The normalized spacial score (nSPS) is 34.2. The zero-order valence-electron chi connectivity index (χ0n) is 8.98. The van der Waals surface area contributed by atoms with E-state index in [1.807, 2.05) is 0 Å². The molecule has 0 radical (unpaired) electrons. The molecule has 0 saturated heterocycles. The Morgan fingerprint density at radius 1 is 1.65 bits per heavy atom. The van der Waals surface area contributed by atoms with Crippen molar-refractivity contribution in [3.63, 3.8) is 0 Å². The van der Waals surface area contributed by atoms with Crippen molar-refractivity contribution in [2.45, 2.75) is 24.7 Å². The number of aromatic nitrogens is 2. The molecule has 4 N–H and O–H groups in total. The predicted molar refractivity (Wildman–Crippen MR) is 57.6 cm³/mol. The third kappa shape index (κ3) is 1.36. The second-order valence-electron chi connectivity index (χ2n) is 4.47. The maximum Gasteiger partial charge on any atom is 0.352 e. The Kier molecular flexibility index (Phi) is 2.14. The smallest absolute Gasteiger partial charge is 0.352 e. The van der Waals surface area contributed by atoms with E-state index in [4.69, 9.17) is 10.5 Å². The molecule has 0 aromatic carbocycles.